The van der Waals surface area contributed by atoms with Crippen molar-refractivity contribution in [2.75, 3.05) is 60.2 Å². The lowest BCUT2D eigenvalue weighted by Crippen LogP contribution is -2.45. The van der Waals surface area contributed by atoms with E-state index in [0.29, 0.717) is 45.9 Å². The standard InChI is InChI=1S/C17H29N3O4S.ClH/c1-23-10-8-19(9-11-24-2)25(21,22)20-13-16(12-18)17(14-20)15-6-4-3-5-7-15;/h3-7,16-17H,8-14,18H2,1-2H3;1H/t16-,17+;/m1./s1. The summed E-state index contributed by atoms with van der Waals surface area (Å²) in [7, 11) is -0.453. The van der Waals surface area contributed by atoms with E-state index in [1.807, 2.05) is 30.3 Å². The molecule has 0 aromatic heterocycles. The van der Waals surface area contributed by atoms with Crippen molar-refractivity contribution >= 4 is 22.6 Å². The second kappa shape index (κ2) is 11.2. The molecular formula is C17H30ClN3O4S. The van der Waals surface area contributed by atoms with Gasteiger partial charge in [0, 0.05) is 46.3 Å². The minimum Gasteiger partial charge on any atom is -0.383 e. The topological polar surface area (TPSA) is 85.1 Å². The normalized spacial score (nSPS) is 21.1. The van der Waals surface area contributed by atoms with Gasteiger partial charge >= 0.3 is 0 Å². The van der Waals surface area contributed by atoms with Gasteiger partial charge < -0.3 is 15.2 Å². The summed E-state index contributed by atoms with van der Waals surface area (Å²) in [6.45, 7) is 2.66. The van der Waals surface area contributed by atoms with E-state index in [1.54, 1.807) is 18.5 Å². The molecule has 0 unspecified atom stereocenters. The van der Waals surface area contributed by atoms with Crippen LogP contribution in [-0.4, -0.2) is 77.2 Å². The number of rotatable bonds is 10. The Labute approximate surface area is 163 Å². The number of ether oxygens (including phenoxy) is 2. The predicted octanol–water partition coefficient (Wildman–Crippen LogP) is 0.922. The predicted molar refractivity (Wildman–Crippen MR) is 105 cm³/mol. The van der Waals surface area contributed by atoms with Crippen LogP contribution in [0.4, 0.5) is 0 Å². The molecule has 2 rings (SSSR count). The third kappa shape index (κ3) is 5.63. The summed E-state index contributed by atoms with van der Waals surface area (Å²) < 4.78 is 39.3. The molecule has 0 radical (unpaired) electrons. The molecular weight excluding hydrogens is 378 g/mol. The van der Waals surface area contributed by atoms with Gasteiger partial charge in [0.05, 0.1) is 13.2 Å². The van der Waals surface area contributed by atoms with Crippen LogP contribution in [0, 0.1) is 5.92 Å². The van der Waals surface area contributed by atoms with Gasteiger partial charge in [-0.15, -0.1) is 12.4 Å². The van der Waals surface area contributed by atoms with Gasteiger partial charge in [-0.1, -0.05) is 30.3 Å². The average molecular weight is 408 g/mol. The largest absolute Gasteiger partial charge is 0.383 e. The van der Waals surface area contributed by atoms with Crippen LogP contribution < -0.4 is 5.73 Å². The molecule has 150 valence electrons. The van der Waals surface area contributed by atoms with Gasteiger partial charge in [-0.3, -0.25) is 0 Å². The number of halogens is 1. The van der Waals surface area contributed by atoms with Gasteiger partial charge in [0.15, 0.2) is 0 Å². The average Bonchev–Trinajstić information content (AvgIpc) is 3.07. The first kappa shape index (κ1) is 23.3. The van der Waals surface area contributed by atoms with Crippen LogP contribution in [0.15, 0.2) is 30.3 Å². The van der Waals surface area contributed by atoms with Crippen LogP contribution in [0.5, 0.6) is 0 Å². The van der Waals surface area contributed by atoms with E-state index in [-0.39, 0.29) is 24.2 Å². The molecule has 1 fully saturated rings. The first-order valence-corrected chi connectivity index (χ1v) is 9.92. The maximum atomic E-state index is 13.1. The quantitative estimate of drug-likeness (QED) is 0.623. The smallest absolute Gasteiger partial charge is 0.282 e. The highest BCUT2D eigenvalue weighted by Crippen LogP contribution is 2.34. The van der Waals surface area contributed by atoms with E-state index in [0.717, 1.165) is 5.56 Å². The molecule has 9 heteroatoms. The minimum atomic E-state index is -3.58. The minimum absolute atomic E-state index is 0. The Hall–Kier alpha value is -0.740. The molecule has 1 aliphatic rings. The second-order valence-corrected chi connectivity index (χ2v) is 8.15. The number of hydrogen-bond donors (Lipinski definition) is 1. The zero-order chi connectivity index (χ0) is 18.3. The first-order chi connectivity index (χ1) is 12.0. The van der Waals surface area contributed by atoms with E-state index in [1.165, 1.54) is 4.31 Å². The van der Waals surface area contributed by atoms with E-state index in [9.17, 15) is 8.42 Å². The Morgan fingerprint density at radius 1 is 1.12 bits per heavy atom. The summed E-state index contributed by atoms with van der Waals surface area (Å²) in [5.74, 6) is 0.233. The fraction of sp³-hybridized carbons (Fsp3) is 0.647. The van der Waals surface area contributed by atoms with Crippen LogP contribution in [0.3, 0.4) is 0 Å². The van der Waals surface area contributed by atoms with Crippen molar-refractivity contribution in [3.63, 3.8) is 0 Å². The monoisotopic (exact) mass is 407 g/mol. The molecule has 0 aliphatic carbocycles. The van der Waals surface area contributed by atoms with Crippen molar-refractivity contribution in [1.29, 1.82) is 0 Å². The van der Waals surface area contributed by atoms with Crippen molar-refractivity contribution in [2.45, 2.75) is 5.92 Å². The maximum absolute atomic E-state index is 13.1. The highest BCUT2D eigenvalue weighted by Gasteiger charge is 2.40. The number of benzene rings is 1. The van der Waals surface area contributed by atoms with Crippen LogP contribution in [0.25, 0.3) is 0 Å². The van der Waals surface area contributed by atoms with Crippen LogP contribution in [0.1, 0.15) is 11.5 Å². The maximum Gasteiger partial charge on any atom is 0.282 e. The molecule has 0 bridgehead atoms. The van der Waals surface area contributed by atoms with Crippen molar-refractivity contribution in [3.05, 3.63) is 35.9 Å². The number of nitrogens with zero attached hydrogens (tertiary/aromatic N) is 2. The van der Waals surface area contributed by atoms with Gasteiger partial charge in [0.2, 0.25) is 0 Å². The lowest BCUT2D eigenvalue weighted by Gasteiger charge is -2.27. The lowest BCUT2D eigenvalue weighted by molar-refractivity contribution is 0.147. The molecule has 0 amide bonds. The van der Waals surface area contributed by atoms with Gasteiger partial charge in [-0.2, -0.15) is 17.0 Å². The zero-order valence-corrected chi connectivity index (χ0v) is 17.0. The van der Waals surface area contributed by atoms with Gasteiger partial charge in [-0.05, 0) is 18.0 Å². The molecule has 1 saturated heterocycles. The third-order valence-electron chi connectivity index (χ3n) is 4.68. The van der Waals surface area contributed by atoms with Crippen LogP contribution >= 0.6 is 12.4 Å². The Morgan fingerprint density at radius 3 is 2.19 bits per heavy atom. The van der Waals surface area contributed by atoms with E-state index < -0.39 is 10.2 Å². The van der Waals surface area contributed by atoms with E-state index in [2.05, 4.69) is 0 Å². The summed E-state index contributed by atoms with van der Waals surface area (Å²) in [5.41, 5.74) is 7.06. The van der Waals surface area contributed by atoms with Crippen molar-refractivity contribution in [3.8, 4) is 0 Å². The Bertz CT molecular complexity index is 610. The highest BCUT2D eigenvalue weighted by atomic mass is 35.5. The third-order valence-corrected chi connectivity index (χ3v) is 6.65. The molecule has 2 atom stereocenters. The van der Waals surface area contributed by atoms with Gasteiger partial charge in [-0.25, -0.2) is 0 Å². The number of hydrogen-bond acceptors (Lipinski definition) is 5. The highest BCUT2D eigenvalue weighted by molar-refractivity contribution is 7.86. The molecule has 1 heterocycles. The summed E-state index contributed by atoms with van der Waals surface area (Å²) in [5, 5.41) is 0. The molecule has 2 N–H and O–H groups in total. The number of methoxy groups -OCH3 is 2. The molecule has 7 nitrogen and oxygen atoms in total. The molecule has 1 aromatic rings. The fourth-order valence-electron chi connectivity index (χ4n) is 3.23. The number of nitrogens with two attached hydrogens (primary N) is 1. The van der Waals surface area contributed by atoms with Crippen LogP contribution in [0.2, 0.25) is 0 Å². The summed E-state index contributed by atoms with van der Waals surface area (Å²) >= 11 is 0. The molecule has 0 saturated carbocycles. The lowest BCUT2D eigenvalue weighted by atomic mass is 9.89. The van der Waals surface area contributed by atoms with Crippen LogP contribution in [-0.2, 0) is 19.7 Å². The van der Waals surface area contributed by atoms with E-state index >= 15 is 0 Å². The Morgan fingerprint density at radius 2 is 1.69 bits per heavy atom. The van der Waals surface area contributed by atoms with Crippen molar-refractivity contribution in [2.24, 2.45) is 11.7 Å². The molecule has 26 heavy (non-hydrogen) atoms. The van der Waals surface area contributed by atoms with E-state index in [4.69, 9.17) is 15.2 Å². The van der Waals surface area contributed by atoms with Gasteiger partial charge in [0.25, 0.3) is 10.2 Å². The second-order valence-electron chi connectivity index (χ2n) is 6.22. The summed E-state index contributed by atoms with van der Waals surface area (Å²) in [4.78, 5) is 0. The van der Waals surface area contributed by atoms with Crippen molar-refractivity contribution < 1.29 is 17.9 Å². The SMILES string of the molecule is COCCN(CCOC)S(=O)(=O)N1C[C@@H](CN)[C@H](c2ccccc2)C1.Cl. The fourth-order valence-corrected chi connectivity index (χ4v) is 4.89. The zero-order valence-electron chi connectivity index (χ0n) is 15.4. The first-order valence-electron chi connectivity index (χ1n) is 8.52. The summed E-state index contributed by atoms with van der Waals surface area (Å²) in [6.07, 6.45) is 0. The molecule has 0 spiro atoms. The summed E-state index contributed by atoms with van der Waals surface area (Å²) in [6, 6.07) is 9.99. The van der Waals surface area contributed by atoms with Crippen molar-refractivity contribution in [1.82, 2.24) is 8.61 Å². The van der Waals surface area contributed by atoms with Gasteiger partial charge in [0.1, 0.15) is 0 Å². The Balaban J connectivity index is 0.00000338. The molecule has 1 aromatic carbocycles. The molecule has 1 aliphatic heterocycles. The Kier molecular flexibility index (Phi) is 10.0.